The summed E-state index contributed by atoms with van der Waals surface area (Å²) in [5.74, 6) is 1.04. The van der Waals surface area contributed by atoms with Crippen molar-refractivity contribution in [3.8, 4) is 0 Å². The van der Waals surface area contributed by atoms with Crippen LogP contribution in [0, 0.1) is 37.0 Å². The van der Waals surface area contributed by atoms with Gasteiger partial charge in [0.1, 0.15) is 6.10 Å². The van der Waals surface area contributed by atoms with Gasteiger partial charge in [0.05, 0.1) is 5.92 Å². The molecule has 0 bridgehead atoms. The second kappa shape index (κ2) is 7.95. The molecule has 4 nitrogen and oxygen atoms in total. The van der Waals surface area contributed by atoms with Gasteiger partial charge in [-0.3, -0.25) is 9.69 Å². The van der Waals surface area contributed by atoms with E-state index in [2.05, 4.69) is 55.3 Å². The maximum absolute atomic E-state index is 12.9. The second-order valence-electron chi connectivity index (χ2n) is 11.0. The van der Waals surface area contributed by atoms with Crippen molar-refractivity contribution in [1.82, 2.24) is 4.90 Å². The molecule has 0 radical (unpaired) electrons. The van der Waals surface area contributed by atoms with E-state index in [1.165, 1.54) is 35.2 Å². The molecule has 2 aliphatic carbocycles. The van der Waals surface area contributed by atoms with Crippen molar-refractivity contribution >= 4 is 11.7 Å². The Hall–Kier alpha value is -1.81. The molecule has 4 fully saturated rings. The number of allylic oxidation sites excluding steroid dienone is 1. The topological polar surface area (TPSA) is 32.8 Å². The SMILES string of the molecule is C=C1CCC[C@]2(C)C[C@H]3OC(=O)[C@H](CN4CCN(c5cc(C)ccc5C)CC4)[C@H]3C[C@@H]12. The van der Waals surface area contributed by atoms with Gasteiger partial charge in [-0.25, -0.2) is 0 Å². The molecule has 0 aromatic heterocycles. The lowest BCUT2D eigenvalue weighted by molar-refractivity contribution is -0.146. The highest BCUT2D eigenvalue weighted by molar-refractivity contribution is 5.75. The summed E-state index contributed by atoms with van der Waals surface area (Å²) in [6.07, 6.45) is 5.91. The summed E-state index contributed by atoms with van der Waals surface area (Å²) < 4.78 is 5.98. The smallest absolute Gasteiger partial charge is 0.310 e. The van der Waals surface area contributed by atoms with Gasteiger partial charge in [0.15, 0.2) is 0 Å². The van der Waals surface area contributed by atoms with E-state index in [9.17, 15) is 4.79 Å². The standard InChI is InChI=1S/C27H38N2O2/c1-18-7-8-20(3)24(14-18)29-12-10-28(11-13-29)17-22-21-15-23-19(2)6-5-9-27(23,4)16-25(21)31-26(22)30/h7-8,14,21-23,25H,2,5-6,9-13,15-17H2,1,3-4H3/t21-,22-,23+,25-,27-/m1/s1. The number of nitrogens with zero attached hydrogens (tertiary/aromatic N) is 2. The number of carbonyl (C=O) groups is 1. The van der Waals surface area contributed by atoms with Gasteiger partial charge in [0.2, 0.25) is 0 Å². The molecule has 5 atom stereocenters. The minimum absolute atomic E-state index is 0.0385. The summed E-state index contributed by atoms with van der Waals surface area (Å²) in [6.45, 7) is 16.1. The first kappa shape index (κ1) is 21.1. The fraction of sp³-hybridized carbons (Fsp3) is 0.667. The number of esters is 1. The van der Waals surface area contributed by atoms with Crippen molar-refractivity contribution in [2.45, 2.75) is 59.0 Å². The highest BCUT2D eigenvalue weighted by Gasteiger charge is 2.55. The van der Waals surface area contributed by atoms with Crippen LogP contribution in [0.2, 0.25) is 0 Å². The minimum Gasteiger partial charge on any atom is -0.462 e. The molecule has 0 N–H and O–H groups in total. The summed E-state index contributed by atoms with van der Waals surface area (Å²) >= 11 is 0. The van der Waals surface area contributed by atoms with Crippen LogP contribution in [-0.4, -0.2) is 49.7 Å². The number of aryl methyl sites for hydroxylation is 2. The molecular weight excluding hydrogens is 384 g/mol. The molecule has 2 aliphatic heterocycles. The largest absolute Gasteiger partial charge is 0.462 e. The first-order valence-corrected chi connectivity index (χ1v) is 12.3. The van der Waals surface area contributed by atoms with Crippen molar-refractivity contribution in [2.24, 2.45) is 23.2 Å². The van der Waals surface area contributed by atoms with Crippen LogP contribution < -0.4 is 4.90 Å². The minimum atomic E-state index is 0.0385. The Morgan fingerprint density at radius 1 is 1.19 bits per heavy atom. The first-order chi connectivity index (χ1) is 14.8. The lowest BCUT2D eigenvalue weighted by Crippen LogP contribution is -2.50. The average molecular weight is 423 g/mol. The fourth-order valence-corrected chi connectivity index (χ4v) is 6.97. The molecule has 4 heteroatoms. The number of hydrogen-bond donors (Lipinski definition) is 0. The summed E-state index contributed by atoms with van der Waals surface area (Å²) in [7, 11) is 0. The van der Waals surface area contributed by atoms with Crippen molar-refractivity contribution in [1.29, 1.82) is 0 Å². The van der Waals surface area contributed by atoms with Crippen molar-refractivity contribution < 1.29 is 9.53 Å². The first-order valence-electron chi connectivity index (χ1n) is 12.3. The zero-order valence-corrected chi connectivity index (χ0v) is 19.5. The number of benzene rings is 1. The summed E-state index contributed by atoms with van der Waals surface area (Å²) in [4.78, 5) is 17.9. The second-order valence-corrected chi connectivity index (χ2v) is 11.0. The molecule has 4 aliphatic rings. The van der Waals surface area contributed by atoms with E-state index in [0.29, 0.717) is 11.8 Å². The number of hydrogen-bond acceptors (Lipinski definition) is 4. The number of ether oxygens (including phenoxy) is 1. The van der Waals surface area contributed by atoms with Gasteiger partial charge in [-0.1, -0.05) is 31.2 Å². The molecule has 31 heavy (non-hydrogen) atoms. The molecule has 0 unspecified atom stereocenters. The average Bonchev–Trinajstić information content (AvgIpc) is 3.02. The number of piperazine rings is 1. The van der Waals surface area contributed by atoms with Gasteiger partial charge in [-0.15, -0.1) is 0 Å². The molecule has 2 heterocycles. The van der Waals surface area contributed by atoms with Gasteiger partial charge >= 0.3 is 5.97 Å². The van der Waals surface area contributed by atoms with Gasteiger partial charge in [0.25, 0.3) is 0 Å². The molecule has 2 saturated heterocycles. The molecule has 0 amide bonds. The lowest BCUT2D eigenvalue weighted by atomic mass is 9.55. The molecule has 1 aromatic rings. The van der Waals surface area contributed by atoms with Crippen LogP contribution in [0.15, 0.2) is 30.4 Å². The Bertz CT molecular complexity index is 872. The van der Waals surface area contributed by atoms with E-state index in [1.807, 2.05) is 0 Å². The summed E-state index contributed by atoms with van der Waals surface area (Å²) in [5, 5.41) is 0. The van der Waals surface area contributed by atoms with E-state index >= 15 is 0 Å². The van der Waals surface area contributed by atoms with Crippen LogP contribution >= 0.6 is 0 Å². The van der Waals surface area contributed by atoms with E-state index < -0.39 is 0 Å². The zero-order valence-electron chi connectivity index (χ0n) is 19.5. The van der Waals surface area contributed by atoms with E-state index in [0.717, 1.165) is 52.0 Å². The van der Waals surface area contributed by atoms with Gasteiger partial charge < -0.3 is 9.64 Å². The van der Waals surface area contributed by atoms with Crippen LogP contribution in [-0.2, 0) is 9.53 Å². The van der Waals surface area contributed by atoms with Gasteiger partial charge in [-0.05, 0) is 74.5 Å². The highest BCUT2D eigenvalue weighted by Crippen LogP contribution is 2.56. The Labute approximate surface area is 187 Å². The van der Waals surface area contributed by atoms with Crippen molar-refractivity contribution in [3.63, 3.8) is 0 Å². The number of fused-ring (bicyclic) bond motifs is 2. The normalized spacial score (nSPS) is 36.2. The van der Waals surface area contributed by atoms with Gasteiger partial charge in [0, 0.05) is 44.3 Å². The fourth-order valence-electron chi connectivity index (χ4n) is 6.97. The number of anilines is 1. The predicted octanol–water partition coefficient (Wildman–Crippen LogP) is 4.74. The third kappa shape index (κ3) is 3.82. The van der Waals surface area contributed by atoms with Crippen LogP contribution in [0.1, 0.15) is 50.2 Å². The molecule has 2 saturated carbocycles. The molecule has 0 spiro atoms. The Morgan fingerprint density at radius 3 is 2.74 bits per heavy atom. The zero-order chi connectivity index (χ0) is 21.8. The number of carbonyl (C=O) groups excluding carboxylic acids is 1. The molecular formula is C27H38N2O2. The van der Waals surface area contributed by atoms with Crippen LogP contribution in [0.5, 0.6) is 0 Å². The number of rotatable bonds is 3. The van der Waals surface area contributed by atoms with Crippen molar-refractivity contribution in [3.05, 3.63) is 41.5 Å². The van der Waals surface area contributed by atoms with Crippen LogP contribution in [0.4, 0.5) is 5.69 Å². The van der Waals surface area contributed by atoms with Crippen LogP contribution in [0.25, 0.3) is 0 Å². The Kier molecular flexibility index (Phi) is 5.40. The third-order valence-corrected chi connectivity index (χ3v) is 8.85. The van der Waals surface area contributed by atoms with Crippen molar-refractivity contribution in [2.75, 3.05) is 37.6 Å². The lowest BCUT2D eigenvalue weighted by Gasteiger charge is -2.50. The summed E-state index contributed by atoms with van der Waals surface area (Å²) in [5.41, 5.74) is 5.73. The molecule has 5 rings (SSSR count). The summed E-state index contributed by atoms with van der Waals surface area (Å²) in [6, 6.07) is 6.72. The van der Waals surface area contributed by atoms with E-state index in [1.54, 1.807) is 0 Å². The monoisotopic (exact) mass is 422 g/mol. The highest BCUT2D eigenvalue weighted by atomic mass is 16.6. The third-order valence-electron chi connectivity index (χ3n) is 8.85. The Balaban J connectivity index is 1.23. The van der Waals surface area contributed by atoms with E-state index in [4.69, 9.17) is 4.74 Å². The molecule has 1 aromatic carbocycles. The maximum Gasteiger partial charge on any atom is 0.310 e. The predicted molar refractivity (Wildman–Crippen MR) is 125 cm³/mol. The Morgan fingerprint density at radius 2 is 1.97 bits per heavy atom. The van der Waals surface area contributed by atoms with E-state index in [-0.39, 0.29) is 23.4 Å². The van der Waals surface area contributed by atoms with Gasteiger partial charge in [-0.2, -0.15) is 0 Å². The molecule has 168 valence electrons. The maximum atomic E-state index is 12.9. The quantitative estimate of drug-likeness (QED) is 0.520. The van der Waals surface area contributed by atoms with Crippen LogP contribution in [0.3, 0.4) is 0 Å².